The molecule has 3 heterocycles. The van der Waals surface area contributed by atoms with E-state index in [1.165, 1.54) is 0 Å². The molecule has 4 rings (SSSR count). The fourth-order valence-corrected chi connectivity index (χ4v) is 3.21. The predicted octanol–water partition coefficient (Wildman–Crippen LogP) is 2.51. The lowest BCUT2D eigenvalue weighted by Gasteiger charge is -2.05. The summed E-state index contributed by atoms with van der Waals surface area (Å²) in [7, 11) is 0. The number of aromatic amines is 1. The van der Waals surface area contributed by atoms with E-state index in [1.54, 1.807) is 22.8 Å². The summed E-state index contributed by atoms with van der Waals surface area (Å²) in [4.78, 5) is 20.1. The molecule has 0 atom stereocenters. The summed E-state index contributed by atoms with van der Waals surface area (Å²) in [5.74, 6) is 0.0331. The van der Waals surface area contributed by atoms with E-state index in [9.17, 15) is 9.90 Å². The fourth-order valence-electron chi connectivity index (χ4n) is 3.21. The van der Waals surface area contributed by atoms with Gasteiger partial charge in [-0.2, -0.15) is 5.10 Å². The summed E-state index contributed by atoms with van der Waals surface area (Å²) in [5.41, 5.74) is 4.82. The van der Waals surface area contributed by atoms with Gasteiger partial charge in [-0.25, -0.2) is 9.50 Å². The van der Waals surface area contributed by atoms with Gasteiger partial charge in [0.05, 0.1) is 6.20 Å². The van der Waals surface area contributed by atoms with Crippen molar-refractivity contribution in [1.82, 2.24) is 24.9 Å². The molecular formula is C19H19N5O2. The highest BCUT2D eigenvalue weighted by Gasteiger charge is 2.15. The number of phenolic OH excluding ortho intramolecular Hbond substituents is 1. The van der Waals surface area contributed by atoms with Crippen molar-refractivity contribution in [2.75, 3.05) is 6.54 Å². The lowest BCUT2D eigenvalue weighted by atomic mass is 10.1. The SMILES string of the molecule is Cc1cc(C)n2ncc(C(=O)NCCc3c[nH]c4ccc(O)cc34)c2n1. The number of amides is 1. The first-order chi connectivity index (χ1) is 12.5. The molecule has 7 nitrogen and oxygen atoms in total. The molecule has 1 aromatic carbocycles. The quantitative estimate of drug-likeness (QED) is 0.527. The van der Waals surface area contributed by atoms with E-state index in [-0.39, 0.29) is 11.7 Å². The Kier molecular flexibility index (Phi) is 3.84. The summed E-state index contributed by atoms with van der Waals surface area (Å²) in [5, 5.41) is 17.8. The average Bonchev–Trinajstić information content (AvgIpc) is 3.19. The number of carbonyl (C=O) groups excluding carboxylic acids is 1. The van der Waals surface area contributed by atoms with Crippen LogP contribution in [0.5, 0.6) is 5.75 Å². The highest BCUT2D eigenvalue weighted by atomic mass is 16.3. The number of phenols is 1. The molecule has 1 amide bonds. The van der Waals surface area contributed by atoms with Crippen molar-refractivity contribution in [2.45, 2.75) is 20.3 Å². The zero-order valence-electron chi connectivity index (χ0n) is 14.6. The highest BCUT2D eigenvalue weighted by Crippen LogP contribution is 2.23. The van der Waals surface area contributed by atoms with Gasteiger partial charge in [0.15, 0.2) is 5.65 Å². The maximum absolute atomic E-state index is 12.5. The maximum atomic E-state index is 12.5. The number of benzene rings is 1. The predicted molar refractivity (Wildman–Crippen MR) is 98.5 cm³/mol. The van der Waals surface area contributed by atoms with Gasteiger partial charge in [-0.15, -0.1) is 0 Å². The number of nitrogens with one attached hydrogen (secondary N) is 2. The molecule has 132 valence electrons. The topological polar surface area (TPSA) is 95.3 Å². The van der Waals surface area contributed by atoms with Crippen LogP contribution in [0.15, 0.2) is 36.7 Å². The molecule has 26 heavy (non-hydrogen) atoms. The second-order valence-corrected chi connectivity index (χ2v) is 6.38. The smallest absolute Gasteiger partial charge is 0.256 e. The van der Waals surface area contributed by atoms with Crippen molar-refractivity contribution < 1.29 is 9.90 Å². The Morgan fingerprint density at radius 1 is 1.31 bits per heavy atom. The molecule has 0 aliphatic rings. The first-order valence-electron chi connectivity index (χ1n) is 8.42. The standard InChI is InChI=1S/C19H19N5O2/c1-11-7-12(2)24-18(23-11)16(10-22-24)19(26)20-6-5-13-9-21-17-4-3-14(25)8-15(13)17/h3-4,7-10,21,25H,5-6H2,1-2H3,(H,20,26). The molecule has 0 saturated carbocycles. The lowest BCUT2D eigenvalue weighted by molar-refractivity contribution is 0.0955. The Labute approximate surface area is 149 Å². The number of aromatic hydroxyl groups is 1. The van der Waals surface area contributed by atoms with Crippen molar-refractivity contribution in [3.8, 4) is 5.75 Å². The van der Waals surface area contributed by atoms with Gasteiger partial charge in [0.25, 0.3) is 5.91 Å². The zero-order valence-corrected chi connectivity index (χ0v) is 14.6. The minimum Gasteiger partial charge on any atom is -0.508 e. The van der Waals surface area contributed by atoms with Crippen LogP contribution in [0.1, 0.15) is 27.3 Å². The third-order valence-electron chi connectivity index (χ3n) is 4.45. The second kappa shape index (κ2) is 6.18. The molecule has 0 radical (unpaired) electrons. The lowest BCUT2D eigenvalue weighted by Crippen LogP contribution is -2.25. The zero-order chi connectivity index (χ0) is 18.3. The number of hydrogen-bond acceptors (Lipinski definition) is 4. The number of fused-ring (bicyclic) bond motifs is 2. The van der Waals surface area contributed by atoms with E-state index in [0.29, 0.717) is 24.2 Å². The molecule has 0 fully saturated rings. The summed E-state index contributed by atoms with van der Waals surface area (Å²) >= 11 is 0. The summed E-state index contributed by atoms with van der Waals surface area (Å²) in [6, 6.07) is 7.13. The van der Waals surface area contributed by atoms with Gasteiger partial charge in [-0.05, 0) is 50.1 Å². The molecule has 4 aromatic rings. The van der Waals surface area contributed by atoms with Crippen LogP contribution in [0, 0.1) is 13.8 Å². The van der Waals surface area contributed by atoms with Crippen molar-refractivity contribution in [2.24, 2.45) is 0 Å². The normalized spacial score (nSPS) is 11.3. The monoisotopic (exact) mass is 349 g/mol. The van der Waals surface area contributed by atoms with E-state index in [2.05, 4.69) is 20.4 Å². The van der Waals surface area contributed by atoms with Crippen LogP contribution < -0.4 is 5.32 Å². The first-order valence-corrected chi connectivity index (χ1v) is 8.42. The van der Waals surface area contributed by atoms with Crippen LogP contribution in [0.4, 0.5) is 0 Å². The molecule has 0 aliphatic carbocycles. The van der Waals surface area contributed by atoms with Crippen LogP contribution in [0.2, 0.25) is 0 Å². The number of aryl methyl sites for hydroxylation is 2. The fraction of sp³-hybridized carbons (Fsp3) is 0.211. The third kappa shape index (κ3) is 2.77. The summed E-state index contributed by atoms with van der Waals surface area (Å²) < 4.78 is 1.67. The van der Waals surface area contributed by atoms with Crippen LogP contribution in [-0.2, 0) is 6.42 Å². The number of nitrogens with zero attached hydrogens (tertiary/aromatic N) is 3. The van der Waals surface area contributed by atoms with Gasteiger partial charge in [-0.3, -0.25) is 4.79 Å². The summed E-state index contributed by atoms with van der Waals surface area (Å²) in [6.07, 6.45) is 4.10. The van der Waals surface area contributed by atoms with Crippen molar-refractivity contribution in [1.29, 1.82) is 0 Å². The molecule has 0 saturated heterocycles. The van der Waals surface area contributed by atoms with Crippen molar-refractivity contribution >= 4 is 22.5 Å². The first kappa shape index (κ1) is 16.1. The van der Waals surface area contributed by atoms with Crippen molar-refractivity contribution in [3.05, 3.63) is 59.2 Å². The molecule has 7 heteroatoms. The Morgan fingerprint density at radius 2 is 2.15 bits per heavy atom. The maximum Gasteiger partial charge on any atom is 0.256 e. The Balaban J connectivity index is 1.50. The van der Waals surface area contributed by atoms with Crippen LogP contribution in [0.3, 0.4) is 0 Å². The van der Waals surface area contributed by atoms with E-state index < -0.39 is 0 Å². The van der Waals surface area contributed by atoms with Gasteiger partial charge < -0.3 is 15.4 Å². The van der Waals surface area contributed by atoms with Gasteiger partial charge in [0.1, 0.15) is 11.3 Å². The average molecular weight is 349 g/mol. The van der Waals surface area contributed by atoms with Gasteiger partial charge in [0, 0.05) is 35.0 Å². The largest absolute Gasteiger partial charge is 0.508 e. The van der Waals surface area contributed by atoms with Crippen molar-refractivity contribution in [3.63, 3.8) is 0 Å². The Hall–Kier alpha value is -3.35. The van der Waals surface area contributed by atoms with Gasteiger partial charge in [0.2, 0.25) is 0 Å². The number of rotatable bonds is 4. The minimum atomic E-state index is -0.194. The van der Waals surface area contributed by atoms with Gasteiger partial charge in [-0.1, -0.05) is 0 Å². The summed E-state index contributed by atoms with van der Waals surface area (Å²) in [6.45, 7) is 4.31. The Morgan fingerprint density at radius 3 is 3.00 bits per heavy atom. The van der Waals surface area contributed by atoms with Gasteiger partial charge >= 0.3 is 0 Å². The number of H-pyrrole nitrogens is 1. The van der Waals surface area contributed by atoms with Crippen LogP contribution >= 0.6 is 0 Å². The second-order valence-electron chi connectivity index (χ2n) is 6.38. The molecule has 0 unspecified atom stereocenters. The number of carbonyl (C=O) groups is 1. The van der Waals surface area contributed by atoms with E-state index in [0.717, 1.165) is 27.9 Å². The molecule has 0 spiro atoms. The van der Waals surface area contributed by atoms with E-state index >= 15 is 0 Å². The van der Waals surface area contributed by atoms with Crippen LogP contribution in [0.25, 0.3) is 16.6 Å². The number of aromatic nitrogens is 4. The third-order valence-corrected chi connectivity index (χ3v) is 4.45. The number of hydrogen-bond donors (Lipinski definition) is 3. The highest BCUT2D eigenvalue weighted by molar-refractivity contribution is 5.99. The van der Waals surface area contributed by atoms with E-state index in [4.69, 9.17) is 0 Å². The Bertz CT molecular complexity index is 1130. The molecule has 0 aliphatic heterocycles. The minimum absolute atomic E-state index is 0.194. The van der Waals surface area contributed by atoms with Crippen LogP contribution in [-0.4, -0.2) is 37.1 Å². The molecular weight excluding hydrogens is 330 g/mol. The van der Waals surface area contributed by atoms with E-state index in [1.807, 2.05) is 32.2 Å². The molecule has 3 N–H and O–H groups in total. The molecule has 3 aromatic heterocycles. The molecule has 0 bridgehead atoms.